The molecule has 5 nitrogen and oxygen atoms in total. The van der Waals surface area contributed by atoms with E-state index in [0.717, 1.165) is 32.0 Å². The van der Waals surface area contributed by atoms with Crippen LogP contribution in [0, 0.1) is 0 Å². The Morgan fingerprint density at radius 3 is 1.10 bits per heavy atom. The lowest BCUT2D eigenvalue weighted by Gasteiger charge is -2.03. The molecule has 0 atom stereocenters. The van der Waals surface area contributed by atoms with Crippen LogP contribution in [0.1, 0.15) is 194 Å². The first-order valence-electron chi connectivity index (χ1n) is 17.2. The molecule has 0 radical (unpaired) electrons. The Morgan fingerprint density at radius 2 is 0.775 bits per heavy atom. The number of allylic oxidation sites excluding steroid dienone is 2. The molecule has 0 bridgehead atoms. The standard InChI is InChI=1S/C18H34O.C16H34O4S/c1-2-3-4-5-6-7-8-9-10-11-12-13-14-15-16-17-18-19;1-2-3-4-5-6-7-8-9-10-11-12-13-14-15-16-20-21(17,18)19/h9-10,18H,2-8,11-17H2,1H3;2-16H2,1H3,(H,17,18,19). The van der Waals surface area contributed by atoms with Crippen LogP contribution in [0.4, 0.5) is 0 Å². The van der Waals surface area contributed by atoms with Crippen molar-refractivity contribution in [2.45, 2.75) is 194 Å². The Balaban J connectivity index is 0. The van der Waals surface area contributed by atoms with Gasteiger partial charge in [-0.1, -0.05) is 161 Å². The van der Waals surface area contributed by atoms with Gasteiger partial charge in [0, 0.05) is 6.42 Å². The average molecular weight is 589 g/mol. The topological polar surface area (TPSA) is 80.7 Å². The van der Waals surface area contributed by atoms with Gasteiger partial charge in [0.05, 0.1) is 6.61 Å². The van der Waals surface area contributed by atoms with E-state index in [9.17, 15) is 13.2 Å². The quantitative estimate of drug-likeness (QED) is 0.0377. The van der Waals surface area contributed by atoms with Crippen LogP contribution in [0.15, 0.2) is 12.2 Å². The molecule has 0 unspecified atom stereocenters. The molecule has 0 aliphatic heterocycles. The number of hydrogen-bond donors (Lipinski definition) is 1. The lowest BCUT2D eigenvalue weighted by atomic mass is 10.0. The van der Waals surface area contributed by atoms with E-state index in [1.807, 2.05) is 0 Å². The zero-order chi connectivity index (χ0) is 29.8. The maximum absolute atomic E-state index is 10.3. The van der Waals surface area contributed by atoms with E-state index in [0.29, 0.717) is 6.42 Å². The highest BCUT2D eigenvalue weighted by molar-refractivity contribution is 7.80. The smallest absolute Gasteiger partial charge is 0.303 e. The van der Waals surface area contributed by atoms with E-state index in [1.54, 1.807) is 0 Å². The third kappa shape index (κ3) is 44.3. The molecule has 0 saturated carbocycles. The first-order valence-corrected chi connectivity index (χ1v) is 18.5. The number of unbranched alkanes of at least 4 members (excludes halogenated alkanes) is 25. The Morgan fingerprint density at radius 1 is 0.475 bits per heavy atom. The summed E-state index contributed by atoms with van der Waals surface area (Å²) in [6.07, 6.45) is 41.2. The van der Waals surface area contributed by atoms with Gasteiger partial charge in [-0.2, -0.15) is 8.42 Å². The lowest BCUT2D eigenvalue weighted by Crippen LogP contribution is -2.04. The van der Waals surface area contributed by atoms with Crippen molar-refractivity contribution in [3.63, 3.8) is 0 Å². The largest absolute Gasteiger partial charge is 0.397 e. The number of hydrogen-bond acceptors (Lipinski definition) is 4. The second kappa shape index (κ2) is 36.3. The maximum atomic E-state index is 10.3. The highest BCUT2D eigenvalue weighted by Gasteiger charge is 2.02. The summed E-state index contributed by atoms with van der Waals surface area (Å²) < 4.78 is 33.2. The van der Waals surface area contributed by atoms with Crippen LogP contribution >= 0.6 is 0 Å². The monoisotopic (exact) mass is 588 g/mol. The van der Waals surface area contributed by atoms with Crippen molar-refractivity contribution in [2.75, 3.05) is 6.61 Å². The van der Waals surface area contributed by atoms with Crippen LogP contribution in [0.3, 0.4) is 0 Å². The van der Waals surface area contributed by atoms with Gasteiger partial charge < -0.3 is 4.79 Å². The number of rotatable bonds is 31. The van der Waals surface area contributed by atoms with Crippen molar-refractivity contribution in [1.82, 2.24) is 0 Å². The molecule has 0 aliphatic carbocycles. The summed E-state index contributed by atoms with van der Waals surface area (Å²) in [6, 6.07) is 0. The van der Waals surface area contributed by atoms with Gasteiger partial charge in [-0.25, -0.2) is 4.18 Å². The van der Waals surface area contributed by atoms with Gasteiger partial charge in [0.15, 0.2) is 0 Å². The van der Waals surface area contributed by atoms with Crippen LogP contribution in [0.2, 0.25) is 0 Å². The van der Waals surface area contributed by atoms with Crippen molar-refractivity contribution >= 4 is 16.7 Å². The summed E-state index contributed by atoms with van der Waals surface area (Å²) in [5, 5.41) is 0. The zero-order valence-electron chi connectivity index (χ0n) is 26.7. The van der Waals surface area contributed by atoms with E-state index < -0.39 is 10.4 Å². The van der Waals surface area contributed by atoms with E-state index in [4.69, 9.17) is 4.55 Å². The zero-order valence-corrected chi connectivity index (χ0v) is 27.5. The Bertz CT molecular complexity index is 603. The van der Waals surface area contributed by atoms with Gasteiger partial charge in [0.25, 0.3) is 0 Å². The van der Waals surface area contributed by atoms with Crippen LogP contribution in [-0.4, -0.2) is 25.9 Å². The van der Waals surface area contributed by atoms with Crippen LogP contribution in [-0.2, 0) is 19.4 Å². The number of carbonyl (C=O) groups excluding carboxylic acids is 1. The van der Waals surface area contributed by atoms with Gasteiger partial charge in [-0.05, 0) is 38.5 Å². The summed E-state index contributed by atoms with van der Waals surface area (Å²) in [4.78, 5) is 10.1. The lowest BCUT2D eigenvalue weighted by molar-refractivity contribution is -0.107. The van der Waals surface area contributed by atoms with Crippen molar-refractivity contribution in [1.29, 1.82) is 0 Å². The minimum atomic E-state index is -4.24. The summed E-state index contributed by atoms with van der Waals surface area (Å²) in [5.74, 6) is 0. The predicted octanol–water partition coefficient (Wildman–Crippen LogP) is 11.5. The highest BCUT2D eigenvalue weighted by Crippen LogP contribution is 2.13. The second-order valence-corrected chi connectivity index (χ2v) is 12.5. The minimum absolute atomic E-state index is 0.0941. The molecular weight excluding hydrogens is 520 g/mol. The third-order valence-electron chi connectivity index (χ3n) is 7.31. The SMILES string of the molecule is CCCCCCCCC=CCCCCCCCC=O.CCCCCCCCCCCCCCCCOS(=O)(=O)O. The van der Waals surface area contributed by atoms with E-state index in [1.165, 1.54) is 148 Å². The molecule has 240 valence electrons. The van der Waals surface area contributed by atoms with Gasteiger partial charge in [0.2, 0.25) is 0 Å². The average Bonchev–Trinajstić information content (AvgIpc) is 2.93. The van der Waals surface area contributed by atoms with Gasteiger partial charge in [-0.15, -0.1) is 0 Å². The second-order valence-electron chi connectivity index (χ2n) is 11.4. The van der Waals surface area contributed by atoms with Crippen molar-refractivity contribution in [2.24, 2.45) is 0 Å². The summed E-state index contributed by atoms with van der Waals surface area (Å²) in [6.45, 7) is 4.61. The van der Waals surface area contributed by atoms with E-state index in [2.05, 4.69) is 30.2 Å². The fourth-order valence-electron chi connectivity index (χ4n) is 4.76. The van der Waals surface area contributed by atoms with Crippen molar-refractivity contribution in [3.05, 3.63) is 12.2 Å². The van der Waals surface area contributed by atoms with Crippen LogP contribution in [0.25, 0.3) is 0 Å². The Kier molecular flexibility index (Phi) is 37.6. The van der Waals surface area contributed by atoms with E-state index in [-0.39, 0.29) is 6.61 Å². The molecule has 0 spiro atoms. The molecule has 0 aromatic carbocycles. The normalized spacial score (nSPS) is 11.6. The van der Waals surface area contributed by atoms with Crippen molar-refractivity contribution < 1.29 is 21.9 Å². The van der Waals surface area contributed by atoms with Crippen molar-refractivity contribution in [3.8, 4) is 0 Å². The van der Waals surface area contributed by atoms with Gasteiger partial charge in [-0.3, -0.25) is 4.55 Å². The molecule has 0 rings (SSSR count). The Labute approximate surface area is 250 Å². The fourth-order valence-corrected chi connectivity index (χ4v) is 5.09. The highest BCUT2D eigenvalue weighted by atomic mass is 32.3. The molecule has 0 saturated heterocycles. The molecule has 0 heterocycles. The molecule has 6 heteroatoms. The maximum Gasteiger partial charge on any atom is 0.397 e. The summed E-state index contributed by atoms with van der Waals surface area (Å²) in [7, 11) is -4.24. The van der Waals surface area contributed by atoms with Gasteiger partial charge in [0.1, 0.15) is 6.29 Å². The molecule has 0 amide bonds. The molecule has 1 N–H and O–H groups in total. The molecule has 0 aromatic rings. The summed E-state index contributed by atoms with van der Waals surface area (Å²) in [5.41, 5.74) is 0. The third-order valence-corrected chi connectivity index (χ3v) is 7.78. The predicted molar refractivity (Wildman–Crippen MR) is 173 cm³/mol. The first-order chi connectivity index (χ1) is 19.5. The summed E-state index contributed by atoms with van der Waals surface area (Å²) >= 11 is 0. The van der Waals surface area contributed by atoms with Gasteiger partial charge >= 0.3 is 10.4 Å². The molecular formula is C34H68O5S. The Hall–Kier alpha value is -0.720. The fraction of sp³-hybridized carbons (Fsp3) is 0.912. The molecule has 0 fully saturated rings. The first kappa shape index (κ1) is 41.4. The molecule has 0 aliphatic rings. The van der Waals surface area contributed by atoms with Crippen LogP contribution in [0.5, 0.6) is 0 Å². The molecule has 0 aromatic heterocycles. The number of carbonyl (C=O) groups is 1. The van der Waals surface area contributed by atoms with Crippen LogP contribution < -0.4 is 0 Å². The number of aldehydes is 1. The van der Waals surface area contributed by atoms with E-state index >= 15 is 0 Å². The minimum Gasteiger partial charge on any atom is -0.303 e. The molecule has 40 heavy (non-hydrogen) atoms.